The summed E-state index contributed by atoms with van der Waals surface area (Å²) in [5.74, 6) is 0.302. The van der Waals surface area contributed by atoms with Gasteiger partial charge in [-0.3, -0.25) is 4.79 Å². The molecule has 0 aliphatic heterocycles. The largest absolute Gasteiger partial charge is 0.299 e. The molecule has 0 bridgehead atoms. The Labute approximate surface area is 157 Å². The Morgan fingerprint density at radius 1 is 1.00 bits per heavy atom. The predicted molar refractivity (Wildman–Crippen MR) is 114 cm³/mol. The van der Waals surface area contributed by atoms with Gasteiger partial charge in [0.05, 0.1) is 0 Å². The third-order valence-electron chi connectivity index (χ3n) is 4.37. The minimum absolute atomic E-state index is 0.146. The fraction of sp³-hybridized carbons (Fsp3) is 0.240. The number of allylic oxidation sites excluding steroid dienone is 2. The molecule has 0 saturated heterocycles. The van der Waals surface area contributed by atoms with Crippen LogP contribution in [0.5, 0.6) is 0 Å². The third-order valence-corrected chi connectivity index (χ3v) is 4.37. The lowest BCUT2D eigenvalue weighted by molar-refractivity contribution is -0.118. The summed E-state index contributed by atoms with van der Waals surface area (Å²) < 4.78 is 0. The summed E-state index contributed by atoms with van der Waals surface area (Å²) in [6.07, 6.45) is 12.0. The molecule has 0 heterocycles. The molecule has 2 aromatic carbocycles. The van der Waals surface area contributed by atoms with E-state index in [1.807, 2.05) is 43.3 Å². The summed E-state index contributed by atoms with van der Waals surface area (Å²) in [4.78, 5) is 11.0. The molecule has 1 nitrogen and oxygen atoms in total. The smallest absolute Gasteiger partial charge is 0.136 e. The van der Waals surface area contributed by atoms with Crippen molar-refractivity contribution in [1.82, 2.24) is 0 Å². The van der Waals surface area contributed by atoms with E-state index in [-0.39, 0.29) is 5.41 Å². The maximum absolute atomic E-state index is 11.0. The SMILES string of the molecule is C=Cc1ccc2c(c1)C=CC(C)(C)C=C2.CCC(=O)Cc1ccccc1. The van der Waals surface area contributed by atoms with Gasteiger partial charge in [-0.25, -0.2) is 0 Å². The zero-order valence-corrected chi connectivity index (χ0v) is 16.0. The maximum Gasteiger partial charge on any atom is 0.136 e. The summed E-state index contributed by atoms with van der Waals surface area (Å²) in [5.41, 5.74) is 4.98. The van der Waals surface area contributed by atoms with Gasteiger partial charge in [0.1, 0.15) is 5.78 Å². The molecule has 0 N–H and O–H groups in total. The van der Waals surface area contributed by atoms with Gasteiger partial charge in [-0.1, -0.05) is 100 Å². The number of ketones is 1. The van der Waals surface area contributed by atoms with Crippen LogP contribution in [0.4, 0.5) is 0 Å². The second-order valence-electron chi connectivity index (χ2n) is 7.14. The van der Waals surface area contributed by atoms with Crippen LogP contribution in [0.1, 0.15) is 49.4 Å². The van der Waals surface area contributed by atoms with E-state index in [1.54, 1.807) is 0 Å². The van der Waals surface area contributed by atoms with Crippen LogP contribution < -0.4 is 0 Å². The van der Waals surface area contributed by atoms with E-state index < -0.39 is 0 Å². The van der Waals surface area contributed by atoms with Crippen LogP contribution in [0.25, 0.3) is 18.2 Å². The second kappa shape index (κ2) is 9.15. The molecule has 3 rings (SSSR count). The van der Waals surface area contributed by atoms with Gasteiger partial charge in [-0.2, -0.15) is 0 Å². The molecule has 0 radical (unpaired) electrons. The van der Waals surface area contributed by atoms with Crippen molar-refractivity contribution in [3.05, 3.63) is 89.5 Å². The highest BCUT2D eigenvalue weighted by atomic mass is 16.1. The predicted octanol–water partition coefficient (Wildman–Crippen LogP) is 6.60. The quantitative estimate of drug-likeness (QED) is 0.610. The Morgan fingerprint density at radius 3 is 2.27 bits per heavy atom. The highest BCUT2D eigenvalue weighted by molar-refractivity contribution is 5.80. The van der Waals surface area contributed by atoms with E-state index >= 15 is 0 Å². The van der Waals surface area contributed by atoms with Gasteiger partial charge in [-0.15, -0.1) is 0 Å². The first kappa shape index (κ1) is 19.7. The molecular formula is C25H28O. The standard InChI is InChI=1S/C15H16.C10H12O/c1-4-12-5-6-13-7-9-15(2,3)10-8-14(13)11-12;1-2-10(11)8-9-6-4-3-5-7-9/h4-11H,1H2,2-3H3;3-7H,2,8H2,1H3. The molecule has 0 spiro atoms. The lowest BCUT2D eigenvalue weighted by Crippen LogP contribution is -1.99. The number of hydrogen-bond acceptors (Lipinski definition) is 1. The molecule has 0 fully saturated rings. The summed E-state index contributed by atoms with van der Waals surface area (Å²) >= 11 is 0. The Kier molecular flexibility index (Phi) is 6.91. The van der Waals surface area contributed by atoms with Crippen LogP contribution in [-0.4, -0.2) is 5.78 Å². The minimum Gasteiger partial charge on any atom is -0.299 e. The van der Waals surface area contributed by atoms with Crippen molar-refractivity contribution < 1.29 is 4.79 Å². The van der Waals surface area contributed by atoms with Crippen molar-refractivity contribution in [2.75, 3.05) is 0 Å². The van der Waals surface area contributed by atoms with Gasteiger partial charge in [0.2, 0.25) is 0 Å². The zero-order chi connectivity index (χ0) is 19.0. The fourth-order valence-electron chi connectivity index (χ4n) is 2.63. The Balaban J connectivity index is 0.000000197. The van der Waals surface area contributed by atoms with Crippen molar-refractivity contribution >= 4 is 24.0 Å². The minimum atomic E-state index is 0.146. The maximum atomic E-state index is 11.0. The van der Waals surface area contributed by atoms with Crippen LogP contribution >= 0.6 is 0 Å². The van der Waals surface area contributed by atoms with Crippen molar-refractivity contribution in [3.8, 4) is 0 Å². The van der Waals surface area contributed by atoms with E-state index in [2.05, 4.69) is 62.9 Å². The van der Waals surface area contributed by atoms with Gasteiger partial charge in [0.25, 0.3) is 0 Å². The molecule has 0 unspecified atom stereocenters. The van der Waals surface area contributed by atoms with Gasteiger partial charge in [0, 0.05) is 18.3 Å². The number of hydrogen-bond donors (Lipinski definition) is 0. The molecule has 1 aliphatic carbocycles. The van der Waals surface area contributed by atoms with Gasteiger partial charge in [-0.05, 0) is 28.3 Å². The molecule has 0 atom stereocenters. The van der Waals surface area contributed by atoms with Crippen molar-refractivity contribution in [2.45, 2.75) is 33.6 Å². The molecule has 0 aromatic heterocycles. The molecular weight excluding hydrogens is 316 g/mol. The van der Waals surface area contributed by atoms with Crippen molar-refractivity contribution in [3.63, 3.8) is 0 Å². The van der Waals surface area contributed by atoms with E-state index in [1.165, 1.54) is 16.7 Å². The average Bonchev–Trinajstić information content (AvgIpc) is 2.81. The average molecular weight is 344 g/mol. The fourth-order valence-corrected chi connectivity index (χ4v) is 2.63. The van der Waals surface area contributed by atoms with E-state index in [0.717, 1.165) is 5.56 Å². The molecule has 1 heteroatoms. The van der Waals surface area contributed by atoms with Crippen molar-refractivity contribution in [1.29, 1.82) is 0 Å². The van der Waals surface area contributed by atoms with Crippen molar-refractivity contribution in [2.24, 2.45) is 5.41 Å². The molecule has 134 valence electrons. The number of carbonyl (C=O) groups is 1. The molecule has 2 aromatic rings. The summed E-state index contributed by atoms with van der Waals surface area (Å²) in [6.45, 7) is 10.1. The second-order valence-corrected chi connectivity index (χ2v) is 7.14. The first-order valence-corrected chi connectivity index (χ1v) is 9.14. The van der Waals surface area contributed by atoms with E-state index in [0.29, 0.717) is 18.6 Å². The van der Waals surface area contributed by atoms with Gasteiger partial charge in [0.15, 0.2) is 0 Å². The Bertz CT molecular complexity index is 807. The lowest BCUT2D eigenvalue weighted by Gasteiger charge is -2.11. The van der Waals surface area contributed by atoms with Crippen LogP contribution in [0, 0.1) is 5.41 Å². The van der Waals surface area contributed by atoms with Crippen LogP contribution in [-0.2, 0) is 11.2 Å². The highest BCUT2D eigenvalue weighted by Crippen LogP contribution is 2.28. The first-order valence-electron chi connectivity index (χ1n) is 9.14. The highest BCUT2D eigenvalue weighted by Gasteiger charge is 2.12. The summed E-state index contributed by atoms with van der Waals surface area (Å²) in [7, 11) is 0. The Hall–Kier alpha value is -2.67. The summed E-state index contributed by atoms with van der Waals surface area (Å²) in [5, 5.41) is 0. The normalized spacial score (nSPS) is 13.8. The lowest BCUT2D eigenvalue weighted by atomic mass is 9.93. The number of rotatable bonds is 4. The number of Topliss-reactive ketones (excluding diaryl/α,β-unsaturated/α-hetero) is 1. The molecule has 0 saturated carbocycles. The summed E-state index contributed by atoms with van der Waals surface area (Å²) in [6, 6.07) is 16.2. The van der Waals surface area contributed by atoms with E-state index in [4.69, 9.17) is 0 Å². The first-order chi connectivity index (χ1) is 12.4. The molecule has 26 heavy (non-hydrogen) atoms. The topological polar surface area (TPSA) is 17.1 Å². The van der Waals surface area contributed by atoms with E-state index in [9.17, 15) is 4.79 Å². The third kappa shape index (κ3) is 6.00. The number of benzene rings is 2. The number of fused-ring (bicyclic) bond motifs is 1. The van der Waals surface area contributed by atoms with Gasteiger partial charge < -0.3 is 0 Å². The monoisotopic (exact) mass is 344 g/mol. The zero-order valence-electron chi connectivity index (χ0n) is 16.0. The Morgan fingerprint density at radius 2 is 1.65 bits per heavy atom. The van der Waals surface area contributed by atoms with Crippen LogP contribution in [0.2, 0.25) is 0 Å². The van der Waals surface area contributed by atoms with Crippen LogP contribution in [0.3, 0.4) is 0 Å². The number of carbonyl (C=O) groups excluding carboxylic acids is 1. The molecule has 1 aliphatic rings. The molecule has 0 amide bonds. The van der Waals surface area contributed by atoms with Gasteiger partial charge >= 0.3 is 0 Å². The van der Waals surface area contributed by atoms with Crippen LogP contribution in [0.15, 0.2) is 67.3 Å².